The molecule has 0 spiro atoms. The summed E-state index contributed by atoms with van der Waals surface area (Å²) in [5.74, 6) is 0.0742. The predicted molar refractivity (Wildman–Crippen MR) is 92.3 cm³/mol. The molecule has 2 N–H and O–H groups in total. The first-order chi connectivity index (χ1) is 11.1. The normalized spacial score (nSPS) is 10.9. The molecule has 0 aliphatic carbocycles. The number of carbonyl (C=O) groups is 2. The number of benzene rings is 1. The van der Waals surface area contributed by atoms with E-state index in [0.717, 1.165) is 25.3 Å². The van der Waals surface area contributed by atoms with Gasteiger partial charge in [0.05, 0.1) is 26.5 Å². The molecule has 0 unspecified atom stereocenters. The Labute approximate surface area is 140 Å². The van der Waals surface area contributed by atoms with Gasteiger partial charge >= 0.3 is 0 Å². The number of carbonyl (C=O) groups excluding carboxylic acids is 2. The van der Waals surface area contributed by atoms with Crippen LogP contribution < -0.4 is 15.4 Å². The molecule has 120 valence electrons. The molecule has 2 amide bonds. The third-order valence-corrected chi connectivity index (χ3v) is 5.09. The second kappa shape index (κ2) is 6.51. The van der Waals surface area contributed by atoms with Crippen molar-refractivity contribution in [2.24, 2.45) is 0 Å². The van der Waals surface area contributed by atoms with Crippen LogP contribution in [0, 0.1) is 6.92 Å². The maximum absolute atomic E-state index is 11.8. The molecular formula is C15H15N3O3S2. The van der Waals surface area contributed by atoms with E-state index in [1.807, 2.05) is 24.4 Å². The van der Waals surface area contributed by atoms with E-state index in [2.05, 4.69) is 15.6 Å². The molecule has 0 aliphatic rings. The number of fused-ring (bicyclic) bond motifs is 3. The van der Waals surface area contributed by atoms with Gasteiger partial charge in [-0.3, -0.25) is 9.59 Å². The smallest absolute Gasteiger partial charge is 0.258 e. The van der Waals surface area contributed by atoms with Crippen LogP contribution in [-0.2, 0) is 9.59 Å². The van der Waals surface area contributed by atoms with E-state index in [1.54, 1.807) is 22.7 Å². The first kappa shape index (κ1) is 15.7. The van der Waals surface area contributed by atoms with Crippen molar-refractivity contribution in [3.05, 3.63) is 22.5 Å². The number of hydrogen-bond acceptors (Lipinski definition) is 6. The van der Waals surface area contributed by atoms with E-state index < -0.39 is 0 Å². The molecule has 8 heteroatoms. The summed E-state index contributed by atoms with van der Waals surface area (Å²) in [6.07, 6.45) is 0. The van der Waals surface area contributed by atoms with Crippen molar-refractivity contribution in [3.63, 3.8) is 0 Å². The lowest BCUT2D eigenvalue weighted by Gasteiger charge is -2.08. The molecule has 2 aromatic heterocycles. The SMILES string of the molecule is CNC(=O)CNC(=O)COc1cc2sc(C)nc2c2sccc12. The predicted octanol–water partition coefficient (Wildman–Crippen LogP) is 2.06. The summed E-state index contributed by atoms with van der Waals surface area (Å²) in [6, 6.07) is 3.88. The number of thiophene rings is 1. The van der Waals surface area contributed by atoms with Gasteiger partial charge in [0.25, 0.3) is 5.91 Å². The molecule has 0 radical (unpaired) electrons. The third kappa shape index (κ3) is 3.27. The Hall–Kier alpha value is -2.19. The second-order valence-corrected chi connectivity index (χ2v) is 7.01. The van der Waals surface area contributed by atoms with Crippen molar-refractivity contribution >= 4 is 54.8 Å². The Balaban J connectivity index is 1.78. The van der Waals surface area contributed by atoms with Crippen molar-refractivity contribution < 1.29 is 14.3 Å². The zero-order valence-corrected chi connectivity index (χ0v) is 14.3. The fraction of sp³-hybridized carbons (Fsp3) is 0.267. The number of ether oxygens (including phenoxy) is 1. The van der Waals surface area contributed by atoms with E-state index in [1.165, 1.54) is 7.05 Å². The molecular weight excluding hydrogens is 334 g/mol. The Kier molecular flexibility index (Phi) is 4.44. The maximum atomic E-state index is 11.8. The Bertz CT molecular complexity index is 885. The molecule has 0 atom stereocenters. The van der Waals surface area contributed by atoms with Crippen molar-refractivity contribution in [3.8, 4) is 5.75 Å². The van der Waals surface area contributed by atoms with Crippen molar-refractivity contribution in [1.29, 1.82) is 0 Å². The second-order valence-electron chi connectivity index (χ2n) is 4.86. The highest BCUT2D eigenvalue weighted by molar-refractivity contribution is 7.21. The van der Waals surface area contributed by atoms with Gasteiger partial charge in [-0.1, -0.05) is 0 Å². The number of amides is 2. The molecule has 1 aromatic carbocycles. The number of aryl methyl sites for hydroxylation is 1. The number of rotatable bonds is 5. The quantitative estimate of drug-likeness (QED) is 0.739. The van der Waals surface area contributed by atoms with Gasteiger partial charge in [-0.25, -0.2) is 4.98 Å². The average molecular weight is 349 g/mol. The van der Waals surface area contributed by atoms with Gasteiger partial charge in [0.2, 0.25) is 5.91 Å². The lowest BCUT2D eigenvalue weighted by molar-refractivity contribution is -0.127. The minimum Gasteiger partial charge on any atom is -0.483 e. The molecule has 3 rings (SSSR count). The first-order valence-corrected chi connectivity index (χ1v) is 8.65. The van der Waals surface area contributed by atoms with Gasteiger partial charge in [-0.05, 0) is 18.4 Å². The van der Waals surface area contributed by atoms with E-state index >= 15 is 0 Å². The topological polar surface area (TPSA) is 80.3 Å². The van der Waals surface area contributed by atoms with E-state index in [4.69, 9.17) is 4.74 Å². The highest BCUT2D eigenvalue weighted by atomic mass is 32.1. The van der Waals surface area contributed by atoms with Crippen molar-refractivity contribution in [2.75, 3.05) is 20.2 Å². The molecule has 0 fully saturated rings. The van der Waals surface area contributed by atoms with Crippen molar-refractivity contribution in [1.82, 2.24) is 15.6 Å². The van der Waals surface area contributed by atoms with Gasteiger partial charge in [0.1, 0.15) is 5.75 Å². The van der Waals surface area contributed by atoms with Crippen LogP contribution in [0.3, 0.4) is 0 Å². The standard InChI is InChI=1S/C15H15N3O3S2/c1-8-18-14-11(23-8)5-10(9-3-4-22-15(9)14)21-7-13(20)17-6-12(19)16-2/h3-5H,6-7H2,1-2H3,(H,16,19)(H,17,20). The molecule has 0 bridgehead atoms. The molecule has 2 heterocycles. The number of nitrogens with zero attached hydrogens (tertiary/aromatic N) is 1. The monoisotopic (exact) mass is 349 g/mol. The van der Waals surface area contributed by atoms with Crippen LogP contribution in [-0.4, -0.2) is 37.0 Å². The Morgan fingerprint density at radius 3 is 2.96 bits per heavy atom. The number of nitrogens with one attached hydrogen (secondary N) is 2. The molecule has 3 aromatic rings. The third-order valence-electron chi connectivity index (χ3n) is 3.25. The lowest BCUT2D eigenvalue weighted by atomic mass is 10.2. The largest absolute Gasteiger partial charge is 0.483 e. The van der Waals surface area contributed by atoms with Crippen molar-refractivity contribution in [2.45, 2.75) is 6.92 Å². The Morgan fingerprint density at radius 1 is 1.35 bits per heavy atom. The van der Waals surface area contributed by atoms with Gasteiger partial charge in [-0.15, -0.1) is 22.7 Å². The molecule has 0 saturated carbocycles. The fourth-order valence-electron chi connectivity index (χ4n) is 2.17. The van der Waals surface area contributed by atoms with Crippen LogP contribution in [0.4, 0.5) is 0 Å². The summed E-state index contributed by atoms with van der Waals surface area (Å²) in [6.45, 7) is 1.78. The van der Waals surface area contributed by atoms with Crippen LogP contribution in [0.2, 0.25) is 0 Å². The number of likely N-dealkylation sites (N-methyl/N-ethyl adjacent to an activating group) is 1. The summed E-state index contributed by atoms with van der Waals surface area (Å²) in [5, 5.41) is 8.87. The zero-order chi connectivity index (χ0) is 16.4. The summed E-state index contributed by atoms with van der Waals surface area (Å²) < 4.78 is 7.77. The first-order valence-electron chi connectivity index (χ1n) is 6.96. The minimum absolute atomic E-state index is 0.0559. The minimum atomic E-state index is -0.336. The number of aromatic nitrogens is 1. The zero-order valence-electron chi connectivity index (χ0n) is 12.6. The van der Waals surface area contributed by atoms with E-state index in [-0.39, 0.29) is 25.0 Å². The van der Waals surface area contributed by atoms with E-state index in [0.29, 0.717) is 5.75 Å². The van der Waals surface area contributed by atoms with E-state index in [9.17, 15) is 9.59 Å². The molecule has 6 nitrogen and oxygen atoms in total. The van der Waals surface area contributed by atoms with Gasteiger partial charge in [0, 0.05) is 18.5 Å². The van der Waals surface area contributed by atoms with Crippen LogP contribution in [0.25, 0.3) is 20.3 Å². The average Bonchev–Trinajstić information content (AvgIpc) is 3.15. The van der Waals surface area contributed by atoms with Crippen LogP contribution in [0.15, 0.2) is 17.5 Å². The van der Waals surface area contributed by atoms with Crippen LogP contribution in [0.1, 0.15) is 5.01 Å². The molecule has 0 saturated heterocycles. The number of thiazole rings is 1. The lowest BCUT2D eigenvalue weighted by Crippen LogP contribution is -2.37. The van der Waals surface area contributed by atoms with Gasteiger partial charge in [0.15, 0.2) is 6.61 Å². The number of hydrogen-bond donors (Lipinski definition) is 2. The highest BCUT2D eigenvalue weighted by Gasteiger charge is 2.13. The molecule has 23 heavy (non-hydrogen) atoms. The highest BCUT2D eigenvalue weighted by Crippen LogP contribution is 2.38. The summed E-state index contributed by atoms with van der Waals surface area (Å²) in [5.41, 5.74) is 0.980. The van der Waals surface area contributed by atoms with Gasteiger partial charge < -0.3 is 15.4 Å². The van der Waals surface area contributed by atoms with Crippen LogP contribution >= 0.6 is 22.7 Å². The fourth-order valence-corrected chi connectivity index (χ4v) is 4.00. The summed E-state index contributed by atoms with van der Waals surface area (Å²) in [4.78, 5) is 27.4. The van der Waals surface area contributed by atoms with Gasteiger partial charge in [-0.2, -0.15) is 0 Å². The maximum Gasteiger partial charge on any atom is 0.258 e. The summed E-state index contributed by atoms with van der Waals surface area (Å²) in [7, 11) is 1.52. The van der Waals surface area contributed by atoms with Crippen LogP contribution in [0.5, 0.6) is 5.75 Å². The molecule has 0 aliphatic heterocycles. The Morgan fingerprint density at radius 2 is 2.17 bits per heavy atom. The summed E-state index contributed by atoms with van der Waals surface area (Å²) >= 11 is 3.20.